The monoisotopic (exact) mass is 394 g/mol. The van der Waals surface area contributed by atoms with E-state index in [9.17, 15) is 9.59 Å². The fourth-order valence-electron chi connectivity index (χ4n) is 3.37. The molecule has 6 nitrogen and oxygen atoms in total. The van der Waals surface area contributed by atoms with Gasteiger partial charge in [0.25, 0.3) is 11.8 Å². The summed E-state index contributed by atoms with van der Waals surface area (Å²) in [6.07, 6.45) is 0. The van der Waals surface area contributed by atoms with Crippen molar-refractivity contribution >= 4 is 17.4 Å². The molecule has 29 heavy (non-hydrogen) atoms. The number of imide groups is 1. The second-order valence-electron chi connectivity index (χ2n) is 6.74. The molecule has 0 atom stereocenters. The zero-order valence-electron chi connectivity index (χ0n) is 16.8. The third-order valence-corrected chi connectivity index (χ3v) is 4.84. The maximum atomic E-state index is 13.4. The van der Waals surface area contributed by atoms with Gasteiger partial charge in [-0.05, 0) is 11.1 Å². The molecule has 2 aromatic carbocycles. The molecule has 0 saturated heterocycles. The van der Waals surface area contributed by atoms with Gasteiger partial charge in [0.15, 0.2) is 0 Å². The molecular weight excluding hydrogens is 368 g/mol. The van der Waals surface area contributed by atoms with Gasteiger partial charge in [0, 0.05) is 27.3 Å². The Kier molecular flexibility index (Phi) is 7.16. The van der Waals surface area contributed by atoms with E-state index in [0.717, 1.165) is 11.1 Å². The number of rotatable bonds is 10. The summed E-state index contributed by atoms with van der Waals surface area (Å²) in [7, 11) is 3.23. The van der Waals surface area contributed by atoms with Gasteiger partial charge in [0.2, 0.25) is 0 Å². The van der Waals surface area contributed by atoms with Crippen molar-refractivity contribution in [2.75, 3.05) is 40.5 Å². The maximum absolute atomic E-state index is 13.4. The molecule has 0 radical (unpaired) electrons. The summed E-state index contributed by atoms with van der Waals surface area (Å²) in [6, 6.07) is 18.9. The number of ether oxygens (including phenoxy) is 2. The summed E-state index contributed by atoms with van der Waals surface area (Å²) < 4.78 is 10.4. The summed E-state index contributed by atoms with van der Waals surface area (Å²) in [4.78, 5) is 29.9. The largest absolute Gasteiger partial charge is 0.383 e. The molecule has 2 aromatic rings. The first-order valence-electron chi connectivity index (χ1n) is 9.60. The van der Waals surface area contributed by atoms with E-state index < -0.39 is 0 Å². The smallest absolute Gasteiger partial charge is 0.278 e. The van der Waals surface area contributed by atoms with Crippen LogP contribution in [0.2, 0.25) is 0 Å². The van der Waals surface area contributed by atoms with Crippen molar-refractivity contribution < 1.29 is 19.1 Å². The zero-order valence-corrected chi connectivity index (χ0v) is 16.8. The molecule has 1 aliphatic rings. The van der Waals surface area contributed by atoms with Crippen molar-refractivity contribution in [3.63, 3.8) is 0 Å². The number of nitrogens with zero attached hydrogens (tertiary/aromatic N) is 2. The number of carbonyl (C=O) groups excluding carboxylic acids is 2. The van der Waals surface area contributed by atoms with Crippen LogP contribution in [-0.2, 0) is 25.6 Å². The van der Waals surface area contributed by atoms with E-state index in [1.54, 1.807) is 14.2 Å². The Morgan fingerprint density at radius 1 is 0.793 bits per heavy atom. The molecule has 1 heterocycles. The normalized spacial score (nSPS) is 14.1. The molecule has 3 rings (SSSR count). The molecule has 0 N–H and O–H groups in total. The average Bonchev–Trinajstić information content (AvgIpc) is 3.00. The van der Waals surface area contributed by atoms with E-state index >= 15 is 0 Å². The van der Waals surface area contributed by atoms with Crippen LogP contribution in [0, 0.1) is 0 Å². The van der Waals surface area contributed by atoms with Crippen molar-refractivity contribution in [1.29, 1.82) is 0 Å². The fraction of sp³-hybridized carbons (Fsp3) is 0.304. The van der Waals surface area contributed by atoms with Crippen molar-refractivity contribution in [1.82, 2.24) is 9.80 Å². The van der Waals surface area contributed by atoms with Gasteiger partial charge >= 0.3 is 0 Å². The Morgan fingerprint density at radius 2 is 1.34 bits per heavy atom. The quantitative estimate of drug-likeness (QED) is 0.580. The predicted octanol–water partition coefficient (Wildman–Crippen LogP) is 2.56. The van der Waals surface area contributed by atoms with Gasteiger partial charge in [0.05, 0.1) is 25.3 Å². The summed E-state index contributed by atoms with van der Waals surface area (Å²) >= 11 is 0. The first kappa shape index (κ1) is 20.8. The minimum Gasteiger partial charge on any atom is -0.383 e. The Morgan fingerprint density at radius 3 is 1.90 bits per heavy atom. The topological polar surface area (TPSA) is 59.1 Å². The third-order valence-electron chi connectivity index (χ3n) is 4.84. The molecule has 0 saturated carbocycles. The van der Waals surface area contributed by atoms with E-state index in [0.29, 0.717) is 37.6 Å². The first-order valence-corrected chi connectivity index (χ1v) is 9.60. The molecular formula is C23H26N2O4. The molecule has 0 unspecified atom stereocenters. The molecule has 0 aromatic heterocycles. The van der Waals surface area contributed by atoms with E-state index in [4.69, 9.17) is 9.47 Å². The van der Waals surface area contributed by atoms with Gasteiger partial charge in [-0.15, -0.1) is 0 Å². The molecule has 0 bridgehead atoms. The molecule has 2 amide bonds. The van der Waals surface area contributed by atoms with Crippen LogP contribution in [0.3, 0.4) is 0 Å². The third kappa shape index (κ3) is 4.72. The van der Waals surface area contributed by atoms with Gasteiger partial charge in [-0.1, -0.05) is 60.7 Å². The van der Waals surface area contributed by atoms with Gasteiger partial charge < -0.3 is 14.4 Å². The van der Waals surface area contributed by atoms with Crippen molar-refractivity contribution in [3.05, 3.63) is 77.5 Å². The van der Waals surface area contributed by atoms with Crippen LogP contribution >= 0.6 is 0 Å². The lowest BCUT2D eigenvalue weighted by molar-refractivity contribution is -0.138. The maximum Gasteiger partial charge on any atom is 0.278 e. The first-order chi connectivity index (χ1) is 14.2. The molecule has 1 aliphatic heterocycles. The fourth-order valence-corrected chi connectivity index (χ4v) is 3.37. The van der Waals surface area contributed by atoms with Crippen LogP contribution in [0.1, 0.15) is 11.1 Å². The number of hydrogen-bond acceptors (Lipinski definition) is 5. The lowest BCUT2D eigenvalue weighted by atomic mass is 10.0. The number of carbonyl (C=O) groups is 2. The Hall–Kier alpha value is -2.96. The van der Waals surface area contributed by atoms with Gasteiger partial charge in [0.1, 0.15) is 5.70 Å². The van der Waals surface area contributed by atoms with Gasteiger partial charge in [-0.25, -0.2) is 0 Å². The van der Waals surface area contributed by atoms with Crippen molar-refractivity contribution in [2.45, 2.75) is 6.54 Å². The van der Waals surface area contributed by atoms with E-state index in [2.05, 4.69) is 0 Å². The highest BCUT2D eigenvalue weighted by Crippen LogP contribution is 2.32. The Bertz CT molecular complexity index is 857. The highest BCUT2D eigenvalue weighted by atomic mass is 16.5. The molecule has 6 heteroatoms. The van der Waals surface area contributed by atoms with Crippen LogP contribution in [0.25, 0.3) is 5.57 Å². The number of benzene rings is 2. The lowest BCUT2D eigenvalue weighted by Crippen LogP contribution is -2.37. The highest BCUT2D eigenvalue weighted by molar-refractivity contribution is 6.35. The van der Waals surface area contributed by atoms with Gasteiger partial charge in [-0.2, -0.15) is 0 Å². The Balaban J connectivity index is 2.01. The summed E-state index contributed by atoms with van der Waals surface area (Å²) in [5.74, 6) is -0.565. The molecule has 152 valence electrons. The van der Waals surface area contributed by atoms with Crippen LogP contribution in [0.15, 0.2) is 66.4 Å². The average molecular weight is 394 g/mol. The van der Waals surface area contributed by atoms with Crippen LogP contribution < -0.4 is 0 Å². The van der Waals surface area contributed by atoms with Crippen LogP contribution in [0.5, 0.6) is 0 Å². The molecule has 0 spiro atoms. The number of amides is 2. The van der Waals surface area contributed by atoms with E-state index in [1.165, 1.54) is 4.90 Å². The van der Waals surface area contributed by atoms with E-state index in [1.807, 2.05) is 65.6 Å². The predicted molar refractivity (Wildman–Crippen MR) is 111 cm³/mol. The second kappa shape index (κ2) is 10.0. The van der Waals surface area contributed by atoms with Crippen molar-refractivity contribution in [3.8, 4) is 0 Å². The standard InChI is InChI=1S/C23H26N2O4/c1-28-15-13-24(14-16-29-2)21-20(19-11-7-4-8-12-19)22(26)25(23(21)27)17-18-9-5-3-6-10-18/h3-12H,13-17H2,1-2H3. The minimum atomic E-state index is -0.287. The molecule has 0 fully saturated rings. The lowest BCUT2D eigenvalue weighted by Gasteiger charge is -2.25. The summed E-state index contributed by atoms with van der Waals surface area (Å²) in [5, 5.41) is 0. The van der Waals surface area contributed by atoms with Crippen LogP contribution in [-0.4, -0.2) is 62.1 Å². The van der Waals surface area contributed by atoms with Crippen LogP contribution in [0.4, 0.5) is 0 Å². The second-order valence-corrected chi connectivity index (χ2v) is 6.74. The van der Waals surface area contributed by atoms with Crippen molar-refractivity contribution in [2.24, 2.45) is 0 Å². The zero-order chi connectivity index (χ0) is 20.6. The molecule has 0 aliphatic carbocycles. The number of methoxy groups -OCH3 is 2. The SMILES string of the molecule is COCCN(CCOC)C1=C(c2ccccc2)C(=O)N(Cc2ccccc2)C1=O. The van der Waals surface area contributed by atoms with Gasteiger partial charge in [-0.3, -0.25) is 14.5 Å². The van der Waals surface area contributed by atoms with E-state index in [-0.39, 0.29) is 18.4 Å². The Labute approximate surface area is 171 Å². The number of hydrogen-bond donors (Lipinski definition) is 0. The highest BCUT2D eigenvalue weighted by Gasteiger charge is 2.41. The summed E-state index contributed by atoms with van der Waals surface area (Å²) in [5.41, 5.74) is 2.48. The minimum absolute atomic E-state index is 0.237. The summed E-state index contributed by atoms with van der Waals surface area (Å²) in [6.45, 7) is 2.10.